The van der Waals surface area contributed by atoms with E-state index in [2.05, 4.69) is 42.1 Å². The monoisotopic (exact) mass is 276 g/mol. The second kappa shape index (κ2) is 7.09. The lowest BCUT2D eigenvalue weighted by Crippen LogP contribution is -2.36. The van der Waals surface area contributed by atoms with Crippen molar-refractivity contribution < 1.29 is 5.11 Å². The van der Waals surface area contributed by atoms with Crippen LogP contribution >= 0.6 is 0 Å². The normalized spacial score (nSPS) is 19.0. The molecule has 1 unspecified atom stereocenters. The summed E-state index contributed by atoms with van der Waals surface area (Å²) >= 11 is 0. The van der Waals surface area contributed by atoms with Crippen LogP contribution in [0.3, 0.4) is 0 Å². The van der Waals surface area contributed by atoms with E-state index < -0.39 is 0 Å². The number of hydrogen-bond acceptors (Lipinski definition) is 3. The fourth-order valence-electron chi connectivity index (χ4n) is 3.07. The van der Waals surface area contributed by atoms with Crippen LogP contribution in [0.15, 0.2) is 24.3 Å². The van der Waals surface area contributed by atoms with Gasteiger partial charge in [0.25, 0.3) is 0 Å². The van der Waals surface area contributed by atoms with Crippen LogP contribution in [0.5, 0.6) is 0 Å². The van der Waals surface area contributed by atoms with Gasteiger partial charge < -0.3 is 14.9 Å². The van der Waals surface area contributed by atoms with E-state index in [1.165, 1.54) is 31.6 Å². The van der Waals surface area contributed by atoms with E-state index in [4.69, 9.17) is 0 Å². The highest BCUT2D eigenvalue weighted by Crippen LogP contribution is 2.29. The maximum atomic E-state index is 10.2. The van der Waals surface area contributed by atoms with Gasteiger partial charge in [-0.3, -0.25) is 0 Å². The van der Waals surface area contributed by atoms with Gasteiger partial charge in [0.1, 0.15) is 0 Å². The Hall–Kier alpha value is -1.06. The van der Waals surface area contributed by atoms with Gasteiger partial charge in [-0.05, 0) is 51.4 Å². The standard InChI is InChI=1S/C17H28N2O/c1-4-17(20)15-7-5-6-8-16(15)19(3)13-14-9-11-18(2)12-10-14/h5-8,14,17,20H,4,9-13H2,1-3H3. The highest BCUT2D eigenvalue weighted by molar-refractivity contribution is 5.54. The molecule has 0 aliphatic carbocycles. The van der Waals surface area contributed by atoms with Crippen LogP contribution < -0.4 is 4.90 Å². The third-order valence-corrected chi connectivity index (χ3v) is 4.46. The van der Waals surface area contributed by atoms with Crippen molar-refractivity contribution in [3.05, 3.63) is 29.8 Å². The smallest absolute Gasteiger partial charge is 0.0807 e. The topological polar surface area (TPSA) is 26.7 Å². The summed E-state index contributed by atoms with van der Waals surface area (Å²) < 4.78 is 0. The second-order valence-electron chi connectivity index (χ2n) is 6.11. The Morgan fingerprint density at radius 2 is 1.95 bits per heavy atom. The summed E-state index contributed by atoms with van der Waals surface area (Å²) in [5.41, 5.74) is 2.24. The minimum absolute atomic E-state index is 0.355. The van der Waals surface area contributed by atoms with E-state index in [1.807, 2.05) is 13.0 Å². The van der Waals surface area contributed by atoms with Gasteiger partial charge in [-0.1, -0.05) is 25.1 Å². The number of benzene rings is 1. The zero-order chi connectivity index (χ0) is 14.5. The summed E-state index contributed by atoms with van der Waals surface area (Å²) in [4.78, 5) is 4.73. The molecule has 0 amide bonds. The van der Waals surface area contributed by atoms with Crippen molar-refractivity contribution in [2.75, 3.05) is 38.6 Å². The van der Waals surface area contributed by atoms with E-state index in [0.29, 0.717) is 0 Å². The SMILES string of the molecule is CCC(O)c1ccccc1N(C)CC1CCN(C)CC1. The molecule has 1 aromatic rings. The van der Waals surface area contributed by atoms with E-state index in [9.17, 15) is 5.11 Å². The number of aliphatic hydroxyl groups is 1. The number of para-hydroxylation sites is 1. The Balaban J connectivity index is 2.03. The Labute approximate surface area is 123 Å². The minimum Gasteiger partial charge on any atom is -0.388 e. The molecule has 3 nitrogen and oxygen atoms in total. The Morgan fingerprint density at radius 1 is 1.30 bits per heavy atom. The van der Waals surface area contributed by atoms with E-state index in [-0.39, 0.29) is 6.10 Å². The number of nitrogens with zero attached hydrogens (tertiary/aromatic N) is 2. The van der Waals surface area contributed by atoms with Crippen molar-refractivity contribution in [2.24, 2.45) is 5.92 Å². The third kappa shape index (κ3) is 3.74. The molecule has 1 aliphatic rings. The highest BCUT2D eigenvalue weighted by Gasteiger charge is 2.20. The van der Waals surface area contributed by atoms with Crippen LogP contribution in [0, 0.1) is 5.92 Å². The van der Waals surface area contributed by atoms with Crippen LogP contribution in [0.25, 0.3) is 0 Å². The fraction of sp³-hybridized carbons (Fsp3) is 0.647. The van der Waals surface area contributed by atoms with Gasteiger partial charge in [0, 0.05) is 24.8 Å². The Morgan fingerprint density at radius 3 is 2.60 bits per heavy atom. The zero-order valence-corrected chi connectivity index (χ0v) is 13.0. The third-order valence-electron chi connectivity index (χ3n) is 4.46. The van der Waals surface area contributed by atoms with Crippen molar-refractivity contribution in [3.63, 3.8) is 0 Å². The molecule has 1 atom stereocenters. The van der Waals surface area contributed by atoms with Gasteiger partial charge in [-0.2, -0.15) is 0 Å². The molecule has 2 rings (SSSR count). The Bertz CT molecular complexity index is 413. The highest BCUT2D eigenvalue weighted by atomic mass is 16.3. The maximum absolute atomic E-state index is 10.2. The molecule has 0 aromatic heterocycles. The molecular formula is C17H28N2O. The van der Waals surface area contributed by atoms with Gasteiger partial charge in [0.05, 0.1) is 6.10 Å². The van der Waals surface area contributed by atoms with E-state index in [1.54, 1.807) is 0 Å². The number of likely N-dealkylation sites (tertiary alicyclic amines) is 1. The number of rotatable bonds is 5. The van der Waals surface area contributed by atoms with E-state index >= 15 is 0 Å². The summed E-state index contributed by atoms with van der Waals surface area (Å²) in [6.07, 6.45) is 2.96. The van der Waals surface area contributed by atoms with Crippen molar-refractivity contribution >= 4 is 5.69 Å². The Kier molecular flexibility index (Phi) is 5.44. The fourth-order valence-corrected chi connectivity index (χ4v) is 3.07. The van der Waals surface area contributed by atoms with Crippen LogP contribution in [-0.2, 0) is 0 Å². The van der Waals surface area contributed by atoms with Crippen molar-refractivity contribution in [1.82, 2.24) is 4.90 Å². The lowest BCUT2D eigenvalue weighted by atomic mass is 9.96. The molecule has 0 radical (unpaired) electrons. The summed E-state index contributed by atoms with van der Waals surface area (Å²) in [6.45, 7) is 5.52. The number of aliphatic hydroxyl groups excluding tert-OH is 1. The molecule has 20 heavy (non-hydrogen) atoms. The summed E-state index contributed by atoms with van der Waals surface area (Å²) in [7, 11) is 4.35. The molecule has 0 spiro atoms. The van der Waals surface area contributed by atoms with Gasteiger partial charge in [-0.15, -0.1) is 0 Å². The molecule has 0 bridgehead atoms. The molecule has 1 fully saturated rings. The lowest BCUT2D eigenvalue weighted by Gasteiger charge is -2.33. The van der Waals surface area contributed by atoms with Gasteiger partial charge in [0.2, 0.25) is 0 Å². The second-order valence-corrected chi connectivity index (χ2v) is 6.11. The first kappa shape index (κ1) is 15.3. The minimum atomic E-state index is -0.355. The average molecular weight is 276 g/mol. The number of hydrogen-bond donors (Lipinski definition) is 1. The van der Waals surface area contributed by atoms with E-state index in [0.717, 1.165) is 24.4 Å². The van der Waals surface area contributed by atoms with Gasteiger partial charge in [-0.25, -0.2) is 0 Å². The van der Waals surface area contributed by atoms with Crippen LogP contribution in [-0.4, -0.2) is 43.7 Å². The summed E-state index contributed by atoms with van der Waals surface area (Å²) in [5, 5.41) is 10.2. The molecular weight excluding hydrogens is 248 g/mol. The van der Waals surface area contributed by atoms with Crippen LogP contribution in [0.4, 0.5) is 5.69 Å². The summed E-state index contributed by atoms with van der Waals surface area (Å²) in [5.74, 6) is 0.767. The number of piperidine rings is 1. The lowest BCUT2D eigenvalue weighted by molar-refractivity contribution is 0.174. The molecule has 112 valence electrons. The molecule has 1 aromatic carbocycles. The predicted molar refractivity (Wildman–Crippen MR) is 85.2 cm³/mol. The average Bonchev–Trinajstić information content (AvgIpc) is 2.48. The van der Waals surface area contributed by atoms with Crippen molar-refractivity contribution in [2.45, 2.75) is 32.3 Å². The largest absolute Gasteiger partial charge is 0.388 e. The predicted octanol–water partition coefficient (Wildman–Crippen LogP) is 2.91. The van der Waals surface area contributed by atoms with Crippen molar-refractivity contribution in [3.8, 4) is 0 Å². The molecule has 3 heteroatoms. The first-order valence-corrected chi connectivity index (χ1v) is 7.78. The first-order chi connectivity index (χ1) is 9.61. The molecule has 0 saturated carbocycles. The quantitative estimate of drug-likeness (QED) is 0.896. The zero-order valence-electron chi connectivity index (χ0n) is 13.0. The molecule has 1 aliphatic heterocycles. The molecule has 1 saturated heterocycles. The van der Waals surface area contributed by atoms with Gasteiger partial charge in [0.15, 0.2) is 0 Å². The van der Waals surface area contributed by atoms with Crippen LogP contribution in [0.1, 0.15) is 37.9 Å². The molecule has 1 heterocycles. The summed E-state index contributed by atoms with van der Waals surface area (Å²) in [6, 6.07) is 8.26. The van der Waals surface area contributed by atoms with Crippen molar-refractivity contribution in [1.29, 1.82) is 0 Å². The molecule has 1 N–H and O–H groups in total. The van der Waals surface area contributed by atoms with Gasteiger partial charge >= 0.3 is 0 Å². The number of anilines is 1. The first-order valence-electron chi connectivity index (χ1n) is 7.78. The maximum Gasteiger partial charge on any atom is 0.0807 e. The van der Waals surface area contributed by atoms with Crippen LogP contribution in [0.2, 0.25) is 0 Å².